The molecule has 2 atom stereocenters. The van der Waals surface area contributed by atoms with Gasteiger partial charge < -0.3 is 0 Å². The molecule has 0 bridgehead atoms. The van der Waals surface area contributed by atoms with Crippen LogP contribution in [-0.2, 0) is 0 Å². The number of hydrogen-bond acceptors (Lipinski definition) is 0. The molecule has 0 radical (unpaired) electrons. The average Bonchev–Trinajstić information content (AvgIpc) is 2.00. The van der Waals surface area contributed by atoms with Crippen LogP contribution in [0.1, 0.15) is 59.8 Å². The molecule has 0 spiro atoms. The molecule has 0 saturated heterocycles. The molecule has 0 aliphatic heterocycles. The van der Waals surface area contributed by atoms with Crippen molar-refractivity contribution in [1.29, 1.82) is 0 Å². The highest BCUT2D eigenvalue weighted by atomic mass is 14.1. The van der Waals surface area contributed by atoms with Crippen LogP contribution < -0.4 is 0 Å². The first-order valence-corrected chi connectivity index (χ1v) is 5.22. The van der Waals surface area contributed by atoms with Crippen molar-refractivity contribution in [3.63, 3.8) is 0 Å². The summed E-state index contributed by atoms with van der Waals surface area (Å²) in [6.07, 6.45) is 6.94. The average molecular weight is 156 g/mol. The van der Waals surface area contributed by atoms with Crippen molar-refractivity contribution in [3.8, 4) is 0 Å². The molecule has 0 fully saturated rings. The zero-order chi connectivity index (χ0) is 8.69. The molecule has 68 valence electrons. The summed E-state index contributed by atoms with van der Waals surface area (Å²) in [6.45, 7) is 9.35. The predicted molar refractivity (Wildman–Crippen MR) is 52.8 cm³/mol. The first kappa shape index (κ1) is 11.0. The van der Waals surface area contributed by atoms with Gasteiger partial charge in [-0.15, -0.1) is 0 Å². The van der Waals surface area contributed by atoms with Gasteiger partial charge in [0.2, 0.25) is 0 Å². The maximum absolute atomic E-state index is 2.40. The lowest BCUT2D eigenvalue weighted by Crippen LogP contribution is -2.07. The molecule has 0 aromatic rings. The van der Waals surface area contributed by atoms with E-state index in [0.717, 1.165) is 11.8 Å². The normalized spacial score (nSPS) is 16.4. The lowest BCUT2D eigenvalue weighted by atomic mass is 9.88. The van der Waals surface area contributed by atoms with Crippen molar-refractivity contribution in [1.82, 2.24) is 0 Å². The smallest absolute Gasteiger partial charge is 0.0417 e. The van der Waals surface area contributed by atoms with E-state index in [2.05, 4.69) is 27.7 Å². The van der Waals surface area contributed by atoms with Gasteiger partial charge in [-0.05, 0) is 11.8 Å². The van der Waals surface area contributed by atoms with Crippen molar-refractivity contribution < 1.29 is 0 Å². The van der Waals surface area contributed by atoms with Gasteiger partial charge in [0.15, 0.2) is 0 Å². The Morgan fingerprint density at radius 2 is 1.36 bits per heavy atom. The second-order valence-corrected chi connectivity index (χ2v) is 3.89. The summed E-state index contributed by atoms with van der Waals surface area (Å²) in [5.74, 6) is 1.88. The molecule has 0 amide bonds. The standard InChI is InChI=1S/C11H24/c1-5-7-9-11(4)10(3)8-6-2/h10-11H,5-9H2,1-4H3/t10-,11?/m0/s1. The monoisotopic (exact) mass is 156 g/mol. The minimum Gasteiger partial charge on any atom is -0.0654 e. The van der Waals surface area contributed by atoms with Crippen LogP contribution >= 0.6 is 0 Å². The molecular weight excluding hydrogens is 132 g/mol. The molecule has 11 heavy (non-hydrogen) atoms. The fourth-order valence-corrected chi connectivity index (χ4v) is 1.55. The van der Waals surface area contributed by atoms with E-state index in [1.54, 1.807) is 0 Å². The van der Waals surface area contributed by atoms with Crippen LogP contribution in [0, 0.1) is 11.8 Å². The number of unbranched alkanes of at least 4 members (excludes halogenated alkanes) is 1. The fraction of sp³-hybridized carbons (Fsp3) is 1.00. The van der Waals surface area contributed by atoms with E-state index in [-0.39, 0.29) is 0 Å². The highest BCUT2D eigenvalue weighted by molar-refractivity contribution is 4.61. The molecule has 0 heteroatoms. The van der Waals surface area contributed by atoms with E-state index in [4.69, 9.17) is 0 Å². The van der Waals surface area contributed by atoms with E-state index in [1.807, 2.05) is 0 Å². The van der Waals surface area contributed by atoms with E-state index in [9.17, 15) is 0 Å². The van der Waals surface area contributed by atoms with E-state index in [0.29, 0.717) is 0 Å². The van der Waals surface area contributed by atoms with E-state index in [1.165, 1.54) is 32.1 Å². The first-order chi connectivity index (χ1) is 5.22. The van der Waals surface area contributed by atoms with Gasteiger partial charge in [0.05, 0.1) is 0 Å². The molecule has 0 heterocycles. The second kappa shape index (κ2) is 6.69. The van der Waals surface area contributed by atoms with Crippen molar-refractivity contribution >= 4 is 0 Å². The molecule has 0 nitrogen and oxygen atoms in total. The summed E-state index contributed by atoms with van der Waals surface area (Å²) in [5.41, 5.74) is 0. The first-order valence-electron chi connectivity index (χ1n) is 5.22. The zero-order valence-electron chi connectivity index (χ0n) is 8.69. The Balaban J connectivity index is 3.38. The summed E-state index contributed by atoms with van der Waals surface area (Å²) < 4.78 is 0. The molecule has 1 unspecified atom stereocenters. The minimum absolute atomic E-state index is 0.937. The summed E-state index contributed by atoms with van der Waals surface area (Å²) >= 11 is 0. The Labute approximate surface area is 72.4 Å². The lowest BCUT2D eigenvalue weighted by molar-refractivity contribution is 0.333. The van der Waals surface area contributed by atoms with Crippen LogP contribution in [0.2, 0.25) is 0 Å². The Kier molecular flexibility index (Phi) is 6.69. The maximum atomic E-state index is 2.40. The van der Waals surface area contributed by atoms with Gasteiger partial charge in [-0.2, -0.15) is 0 Å². The predicted octanol–water partition coefficient (Wildman–Crippen LogP) is 4.25. The Bertz CT molecular complexity index is 76.1. The number of rotatable bonds is 6. The third-order valence-electron chi connectivity index (χ3n) is 2.73. The molecule has 0 rings (SSSR count). The molecule has 0 aliphatic rings. The second-order valence-electron chi connectivity index (χ2n) is 3.89. The van der Waals surface area contributed by atoms with Gasteiger partial charge in [0, 0.05) is 0 Å². The van der Waals surface area contributed by atoms with Gasteiger partial charge >= 0.3 is 0 Å². The van der Waals surface area contributed by atoms with Gasteiger partial charge in [0.1, 0.15) is 0 Å². The molecule has 0 aromatic carbocycles. The highest BCUT2D eigenvalue weighted by Crippen LogP contribution is 2.21. The third-order valence-corrected chi connectivity index (χ3v) is 2.73. The fourth-order valence-electron chi connectivity index (χ4n) is 1.55. The Morgan fingerprint density at radius 1 is 0.818 bits per heavy atom. The van der Waals surface area contributed by atoms with Crippen molar-refractivity contribution in [2.75, 3.05) is 0 Å². The third kappa shape index (κ3) is 5.29. The lowest BCUT2D eigenvalue weighted by Gasteiger charge is -2.18. The van der Waals surface area contributed by atoms with Gasteiger partial charge in [-0.25, -0.2) is 0 Å². The summed E-state index contributed by atoms with van der Waals surface area (Å²) in [7, 11) is 0. The van der Waals surface area contributed by atoms with Crippen LogP contribution in [0.15, 0.2) is 0 Å². The van der Waals surface area contributed by atoms with Gasteiger partial charge in [-0.3, -0.25) is 0 Å². The van der Waals surface area contributed by atoms with E-state index < -0.39 is 0 Å². The molecule has 0 aromatic heterocycles. The van der Waals surface area contributed by atoms with Crippen LogP contribution in [0.5, 0.6) is 0 Å². The van der Waals surface area contributed by atoms with Crippen LogP contribution in [0.25, 0.3) is 0 Å². The van der Waals surface area contributed by atoms with Crippen molar-refractivity contribution in [2.45, 2.75) is 59.8 Å². The number of hydrogen-bond donors (Lipinski definition) is 0. The van der Waals surface area contributed by atoms with Gasteiger partial charge in [0.25, 0.3) is 0 Å². The van der Waals surface area contributed by atoms with E-state index >= 15 is 0 Å². The van der Waals surface area contributed by atoms with Gasteiger partial charge in [-0.1, -0.05) is 59.8 Å². The van der Waals surface area contributed by atoms with Crippen LogP contribution in [0.3, 0.4) is 0 Å². The highest BCUT2D eigenvalue weighted by Gasteiger charge is 2.09. The Hall–Kier alpha value is 0. The summed E-state index contributed by atoms with van der Waals surface area (Å²) in [4.78, 5) is 0. The topological polar surface area (TPSA) is 0 Å². The van der Waals surface area contributed by atoms with Crippen LogP contribution in [-0.4, -0.2) is 0 Å². The zero-order valence-corrected chi connectivity index (χ0v) is 8.69. The van der Waals surface area contributed by atoms with Crippen LogP contribution in [0.4, 0.5) is 0 Å². The van der Waals surface area contributed by atoms with Crippen molar-refractivity contribution in [2.24, 2.45) is 11.8 Å². The quantitative estimate of drug-likeness (QED) is 0.539. The maximum Gasteiger partial charge on any atom is -0.0417 e. The summed E-state index contributed by atoms with van der Waals surface area (Å²) in [5, 5.41) is 0. The Morgan fingerprint density at radius 3 is 1.82 bits per heavy atom. The summed E-state index contributed by atoms with van der Waals surface area (Å²) in [6, 6.07) is 0. The van der Waals surface area contributed by atoms with Crippen molar-refractivity contribution in [3.05, 3.63) is 0 Å². The largest absolute Gasteiger partial charge is 0.0654 e. The molecule has 0 aliphatic carbocycles. The minimum atomic E-state index is 0.937. The molecule has 0 N–H and O–H groups in total. The molecular formula is C11H24. The molecule has 0 saturated carbocycles. The SMILES string of the molecule is CCCCC(C)[C@@H](C)CCC.